The van der Waals surface area contributed by atoms with Crippen LogP contribution in [0.4, 0.5) is 11.4 Å². The number of ether oxygens (including phenoxy) is 1. The number of aryl methyl sites for hydroxylation is 1. The molecule has 9 heteroatoms. The van der Waals surface area contributed by atoms with E-state index in [0.29, 0.717) is 44.5 Å². The average molecular weight is 435 g/mol. The van der Waals surface area contributed by atoms with Gasteiger partial charge in [-0.1, -0.05) is 28.9 Å². The predicted octanol–water partition coefficient (Wildman–Crippen LogP) is 4.43. The van der Waals surface area contributed by atoms with Crippen LogP contribution >= 0.6 is 11.6 Å². The van der Waals surface area contributed by atoms with Gasteiger partial charge in [-0.25, -0.2) is 4.98 Å². The highest BCUT2D eigenvalue weighted by Gasteiger charge is 2.21. The molecular formula is C22H15ClN4O4. The topological polar surface area (TPSA) is 106 Å². The van der Waals surface area contributed by atoms with Crippen LogP contribution in [0.3, 0.4) is 0 Å². The molecule has 1 aliphatic rings. The molecule has 2 N–H and O–H groups in total. The van der Waals surface area contributed by atoms with Crippen LogP contribution in [0, 0.1) is 6.92 Å². The number of nitrogens with zero attached hydrogens (tertiary/aromatic N) is 2. The molecule has 0 atom stereocenters. The lowest BCUT2D eigenvalue weighted by Gasteiger charge is -2.18. The minimum Gasteiger partial charge on any atom is -0.482 e. The van der Waals surface area contributed by atoms with Crippen molar-refractivity contribution in [1.82, 2.24) is 10.1 Å². The second kappa shape index (κ2) is 7.41. The van der Waals surface area contributed by atoms with Crippen molar-refractivity contribution in [2.45, 2.75) is 6.92 Å². The fraction of sp³-hybridized carbons (Fsp3) is 0.0909. The second-order valence-electron chi connectivity index (χ2n) is 7.02. The van der Waals surface area contributed by atoms with Crippen LogP contribution in [-0.4, -0.2) is 28.6 Å². The van der Waals surface area contributed by atoms with Crippen molar-refractivity contribution in [2.24, 2.45) is 0 Å². The summed E-state index contributed by atoms with van der Waals surface area (Å²) in [5.41, 5.74) is 3.43. The number of halogens is 1. The van der Waals surface area contributed by atoms with E-state index in [-0.39, 0.29) is 24.1 Å². The van der Waals surface area contributed by atoms with Crippen molar-refractivity contribution >= 4 is 45.9 Å². The monoisotopic (exact) mass is 434 g/mol. The van der Waals surface area contributed by atoms with Crippen molar-refractivity contribution in [3.05, 3.63) is 64.8 Å². The highest BCUT2D eigenvalue weighted by molar-refractivity contribution is 6.30. The molecule has 8 nitrogen and oxygen atoms in total. The Bertz CT molecular complexity index is 1370. The fourth-order valence-electron chi connectivity index (χ4n) is 3.43. The quantitative estimate of drug-likeness (QED) is 0.494. The maximum absolute atomic E-state index is 13.2. The molecule has 0 aliphatic carbocycles. The lowest BCUT2D eigenvalue weighted by molar-refractivity contribution is -0.118. The van der Waals surface area contributed by atoms with Crippen molar-refractivity contribution in [2.75, 3.05) is 17.2 Å². The van der Waals surface area contributed by atoms with Crippen LogP contribution in [0.5, 0.6) is 5.75 Å². The van der Waals surface area contributed by atoms with Gasteiger partial charge >= 0.3 is 0 Å². The molecule has 0 spiro atoms. The largest absolute Gasteiger partial charge is 0.482 e. The number of aromatic nitrogens is 2. The van der Waals surface area contributed by atoms with Crippen molar-refractivity contribution in [3.8, 4) is 17.0 Å². The number of fused-ring (bicyclic) bond motifs is 2. The van der Waals surface area contributed by atoms with Gasteiger partial charge in [0, 0.05) is 16.3 Å². The number of anilines is 2. The Morgan fingerprint density at radius 2 is 2.06 bits per heavy atom. The van der Waals surface area contributed by atoms with Crippen LogP contribution in [-0.2, 0) is 4.79 Å². The van der Waals surface area contributed by atoms with E-state index >= 15 is 0 Å². The minimum absolute atomic E-state index is 0.0350. The molecule has 0 radical (unpaired) electrons. The second-order valence-corrected chi connectivity index (χ2v) is 7.45. The standard InChI is InChI=1S/C22H15ClN4O4/c1-11-20-15(9-16(26-22(20)31-27-11)12-3-2-4-13(23)7-12)21(29)24-14-5-6-18-17(8-14)25-19(28)10-30-18/h2-9H,10H2,1H3,(H,24,29)(H,25,28). The van der Waals surface area contributed by atoms with Gasteiger partial charge in [0.1, 0.15) is 5.75 Å². The molecule has 5 rings (SSSR count). The highest BCUT2D eigenvalue weighted by Crippen LogP contribution is 2.32. The van der Waals surface area contributed by atoms with Gasteiger partial charge in [-0.05, 0) is 43.3 Å². The molecule has 0 saturated carbocycles. The van der Waals surface area contributed by atoms with E-state index in [2.05, 4.69) is 20.8 Å². The third kappa shape index (κ3) is 3.57. The van der Waals surface area contributed by atoms with Gasteiger partial charge in [-0.2, -0.15) is 0 Å². The number of carbonyl (C=O) groups is 2. The molecule has 0 fully saturated rings. The molecule has 0 saturated heterocycles. The summed E-state index contributed by atoms with van der Waals surface area (Å²) in [6.07, 6.45) is 0. The Balaban J connectivity index is 1.54. The predicted molar refractivity (Wildman–Crippen MR) is 116 cm³/mol. The van der Waals surface area contributed by atoms with Crippen LogP contribution < -0.4 is 15.4 Å². The number of nitrogens with one attached hydrogen (secondary N) is 2. The number of rotatable bonds is 3. The number of hydrogen-bond donors (Lipinski definition) is 2. The first-order chi connectivity index (χ1) is 15.0. The van der Waals surface area contributed by atoms with Gasteiger partial charge in [0.25, 0.3) is 17.5 Å². The molecule has 3 heterocycles. The van der Waals surface area contributed by atoms with Crippen LogP contribution in [0.25, 0.3) is 22.4 Å². The summed E-state index contributed by atoms with van der Waals surface area (Å²) in [5.74, 6) is -0.0786. The third-order valence-corrected chi connectivity index (χ3v) is 5.09. The molecule has 0 bridgehead atoms. The molecule has 1 aliphatic heterocycles. The zero-order valence-corrected chi connectivity index (χ0v) is 17.0. The first-order valence-electron chi connectivity index (χ1n) is 9.39. The molecule has 4 aromatic rings. The highest BCUT2D eigenvalue weighted by atomic mass is 35.5. The van der Waals surface area contributed by atoms with Crippen molar-refractivity contribution < 1.29 is 18.8 Å². The zero-order valence-electron chi connectivity index (χ0n) is 16.2. The summed E-state index contributed by atoms with van der Waals surface area (Å²) in [7, 11) is 0. The van der Waals surface area contributed by atoms with Gasteiger partial charge in [0.05, 0.1) is 28.0 Å². The SMILES string of the molecule is Cc1noc2nc(-c3cccc(Cl)c3)cc(C(=O)Nc3ccc4c(c3)NC(=O)CO4)c12. The molecular weight excluding hydrogens is 420 g/mol. The average Bonchev–Trinajstić information content (AvgIpc) is 3.13. The van der Waals surface area contributed by atoms with Crippen LogP contribution in [0.2, 0.25) is 5.02 Å². The molecule has 31 heavy (non-hydrogen) atoms. The Morgan fingerprint density at radius 1 is 1.19 bits per heavy atom. The zero-order chi connectivity index (χ0) is 21.5. The van der Waals surface area contributed by atoms with Crippen LogP contribution in [0.1, 0.15) is 16.1 Å². The smallest absolute Gasteiger partial charge is 0.262 e. The Labute approximate surface area is 181 Å². The van der Waals surface area contributed by atoms with Gasteiger partial charge in [-0.3, -0.25) is 9.59 Å². The van der Waals surface area contributed by atoms with Gasteiger partial charge < -0.3 is 19.9 Å². The number of carbonyl (C=O) groups excluding carboxylic acids is 2. The van der Waals surface area contributed by atoms with Gasteiger partial charge in [0.2, 0.25) is 0 Å². The number of amides is 2. The van der Waals surface area contributed by atoms with E-state index in [1.54, 1.807) is 49.4 Å². The summed E-state index contributed by atoms with van der Waals surface area (Å²) >= 11 is 6.11. The third-order valence-electron chi connectivity index (χ3n) is 4.85. The van der Waals surface area contributed by atoms with Crippen molar-refractivity contribution in [1.29, 1.82) is 0 Å². The molecule has 2 aromatic heterocycles. The minimum atomic E-state index is -0.370. The maximum Gasteiger partial charge on any atom is 0.262 e. The number of benzene rings is 2. The van der Waals surface area contributed by atoms with E-state index in [9.17, 15) is 9.59 Å². The Hall–Kier alpha value is -3.91. The first-order valence-corrected chi connectivity index (χ1v) is 9.77. The molecule has 0 unspecified atom stereocenters. The molecule has 154 valence electrons. The maximum atomic E-state index is 13.2. The number of hydrogen-bond acceptors (Lipinski definition) is 6. The van der Waals surface area contributed by atoms with Gasteiger partial charge in [-0.15, -0.1) is 0 Å². The Kier molecular flexibility index (Phi) is 4.56. The summed E-state index contributed by atoms with van der Waals surface area (Å²) in [5, 5.41) is 10.6. The van der Waals surface area contributed by atoms with E-state index in [4.69, 9.17) is 20.9 Å². The lowest BCUT2D eigenvalue weighted by Crippen LogP contribution is -2.25. The fourth-order valence-corrected chi connectivity index (χ4v) is 3.62. The van der Waals surface area contributed by atoms with E-state index in [1.807, 2.05) is 6.07 Å². The number of pyridine rings is 1. The first kappa shape index (κ1) is 19.1. The summed E-state index contributed by atoms with van der Waals surface area (Å²) in [6.45, 7) is 1.71. The Morgan fingerprint density at radius 3 is 2.90 bits per heavy atom. The van der Waals surface area contributed by atoms with E-state index in [1.165, 1.54) is 0 Å². The summed E-state index contributed by atoms with van der Waals surface area (Å²) < 4.78 is 10.7. The lowest BCUT2D eigenvalue weighted by atomic mass is 10.0. The summed E-state index contributed by atoms with van der Waals surface area (Å²) in [4.78, 5) is 29.3. The van der Waals surface area contributed by atoms with E-state index < -0.39 is 0 Å². The molecule has 2 aromatic carbocycles. The molecule has 2 amide bonds. The van der Waals surface area contributed by atoms with Crippen molar-refractivity contribution in [3.63, 3.8) is 0 Å². The van der Waals surface area contributed by atoms with Gasteiger partial charge in [0.15, 0.2) is 6.61 Å². The normalized spacial score (nSPS) is 12.8. The van der Waals surface area contributed by atoms with Crippen LogP contribution in [0.15, 0.2) is 53.1 Å². The summed E-state index contributed by atoms with van der Waals surface area (Å²) in [6, 6.07) is 13.9. The van der Waals surface area contributed by atoms with E-state index in [0.717, 1.165) is 5.56 Å².